The predicted molar refractivity (Wildman–Crippen MR) is 97.4 cm³/mol. The second-order valence-corrected chi connectivity index (χ2v) is 7.03. The minimum Gasteiger partial charge on any atom is -0.383 e. The molecule has 1 amide bonds. The van der Waals surface area contributed by atoms with E-state index in [-0.39, 0.29) is 16.5 Å². The van der Waals surface area contributed by atoms with Crippen molar-refractivity contribution < 1.29 is 14.3 Å². The van der Waals surface area contributed by atoms with Gasteiger partial charge in [0.2, 0.25) is 0 Å². The van der Waals surface area contributed by atoms with Gasteiger partial charge in [-0.15, -0.1) is 11.3 Å². The monoisotopic (exact) mass is 375 g/mol. The van der Waals surface area contributed by atoms with E-state index in [2.05, 4.69) is 5.32 Å². The number of hydrogen-bond donors (Lipinski definition) is 2. The van der Waals surface area contributed by atoms with Gasteiger partial charge in [0.05, 0.1) is 17.1 Å². The lowest BCUT2D eigenvalue weighted by atomic mass is 10.1. The summed E-state index contributed by atoms with van der Waals surface area (Å²) in [6, 6.07) is 16.7. The first-order valence-electron chi connectivity index (χ1n) is 7.59. The first-order valence-corrected chi connectivity index (χ1v) is 8.79. The summed E-state index contributed by atoms with van der Waals surface area (Å²) < 4.78 is 13.0. The maximum atomic E-state index is 13.0. The van der Waals surface area contributed by atoms with Crippen molar-refractivity contribution in [1.29, 1.82) is 0 Å². The summed E-state index contributed by atoms with van der Waals surface area (Å²) in [6.07, 6.45) is -0.692. The van der Waals surface area contributed by atoms with Crippen molar-refractivity contribution in [3.8, 4) is 0 Å². The highest BCUT2D eigenvalue weighted by Gasteiger charge is 2.14. The number of thiophene rings is 1. The van der Waals surface area contributed by atoms with Crippen LogP contribution in [0.4, 0.5) is 4.39 Å². The number of nitrogens with one attached hydrogen (secondary N) is 1. The Balaban J connectivity index is 1.65. The van der Waals surface area contributed by atoms with Crippen LogP contribution in [0, 0.1) is 5.82 Å². The molecule has 2 aromatic carbocycles. The lowest BCUT2D eigenvalue weighted by Gasteiger charge is -2.08. The fourth-order valence-electron chi connectivity index (χ4n) is 2.37. The first-order chi connectivity index (χ1) is 12.0. The zero-order valence-corrected chi connectivity index (χ0v) is 14.7. The largest absolute Gasteiger partial charge is 0.383 e. The number of carbonyl (C=O) groups is 1. The summed E-state index contributed by atoms with van der Waals surface area (Å²) in [4.78, 5) is 13.9. The molecular formula is C19H15ClFNO2S. The number of hydrogen-bond acceptors (Lipinski definition) is 3. The van der Waals surface area contributed by atoms with Gasteiger partial charge in [-0.2, -0.15) is 0 Å². The molecular weight excluding hydrogens is 361 g/mol. The van der Waals surface area contributed by atoms with Crippen molar-refractivity contribution in [3.05, 3.63) is 92.4 Å². The molecule has 2 N–H and O–H groups in total. The van der Waals surface area contributed by atoms with Crippen LogP contribution in [-0.4, -0.2) is 11.0 Å². The molecule has 1 atom stereocenters. The van der Waals surface area contributed by atoms with Gasteiger partial charge < -0.3 is 10.4 Å². The summed E-state index contributed by atoms with van der Waals surface area (Å²) in [7, 11) is 0. The highest BCUT2D eigenvalue weighted by molar-refractivity contribution is 7.12. The molecule has 3 nitrogen and oxygen atoms in total. The van der Waals surface area contributed by atoms with Crippen LogP contribution < -0.4 is 5.32 Å². The van der Waals surface area contributed by atoms with E-state index in [0.29, 0.717) is 6.54 Å². The summed E-state index contributed by atoms with van der Waals surface area (Å²) in [5.74, 6) is -0.858. The van der Waals surface area contributed by atoms with Gasteiger partial charge in [0.25, 0.3) is 5.91 Å². The lowest BCUT2D eigenvalue weighted by molar-refractivity contribution is 0.0951. The zero-order valence-electron chi connectivity index (χ0n) is 13.1. The van der Waals surface area contributed by atoms with E-state index in [1.807, 2.05) is 42.5 Å². The summed E-state index contributed by atoms with van der Waals surface area (Å²) in [5, 5.41) is 13.2. The quantitative estimate of drug-likeness (QED) is 0.687. The van der Waals surface area contributed by atoms with E-state index in [9.17, 15) is 14.3 Å². The fraction of sp³-hybridized carbons (Fsp3) is 0.105. The van der Waals surface area contributed by atoms with Crippen LogP contribution in [0.3, 0.4) is 0 Å². The Hall–Kier alpha value is -2.21. The Morgan fingerprint density at radius 3 is 2.64 bits per heavy atom. The maximum absolute atomic E-state index is 13.0. The van der Waals surface area contributed by atoms with Gasteiger partial charge in [-0.25, -0.2) is 4.39 Å². The summed E-state index contributed by atoms with van der Waals surface area (Å²) in [6.45, 7) is 0.304. The van der Waals surface area contributed by atoms with Crippen LogP contribution in [0.5, 0.6) is 0 Å². The van der Waals surface area contributed by atoms with E-state index < -0.39 is 11.9 Å². The highest BCUT2D eigenvalue weighted by Crippen LogP contribution is 2.28. The van der Waals surface area contributed by atoms with Gasteiger partial charge in [0.1, 0.15) is 11.9 Å². The molecule has 128 valence electrons. The van der Waals surface area contributed by atoms with Crippen LogP contribution in [0.1, 0.15) is 31.8 Å². The third-order valence-corrected chi connectivity index (χ3v) is 5.12. The molecule has 25 heavy (non-hydrogen) atoms. The van der Waals surface area contributed by atoms with E-state index in [1.54, 1.807) is 0 Å². The zero-order chi connectivity index (χ0) is 17.8. The predicted octanol–water partition coefficient (Wildman–Crippen LogP) is 4.55. The molecule has 0 saturated carbocycles. The smallest absolute Gasteiger partial charge is 0.253 e. The number of amides is 1. The van der Waals surface area contributed by atoms with E-state index in [1.165, 1.54) is 23.5 Å². The third-order valence-electron chi connectivity index (χ3n) is 3.67. The Kier molecular flexibility index (Phi) is 5.48. The molecule has 0 radical (unpaired) electrons. The van der Waals surface area contributed by atoms with Gasteiger partial charge in [-0.05, 0) is 35.9 Å². The molecule has 1 aromatic heterocycles. The van der Waals surface area contributed by atoms with Crippen molar-refractivity contribution in [2.24, 2.45) is 0 Å². The normalized spacial score (nSPS) is 12.0. The molecule has 3 rings (SSSR count). The molecule has 0 aliphatic rings. The van der Waals surface area contributed by atoms with E-state index >= 15 is 0 Å². The Labute approximate surface area is 153 Å². The average Bonchev–Trinajstić information content (AvgIpc) is 3.09. The molecule has 0 spiro atoms. The second kappa shape index (κ2) is 7.78. The van der Waals surface area contributed by atoms with Gasteiger partial charge >= 0.3 is 0 Å². The minimum absolute atomic E-state index is 0.0730. The summed E-state index contributed by atoms with van der Waals surface area (Å²) in [5.41, 5.74) is 1.04. The van der Waals surface area contributed by atoms with Crippen molar-refractivity contribution in [3.63, 3.8) is 0 Å². The molecule has 6 heteroatoms. The number of carbonyl (C=O) groups excluding carboxylic acids is 1. The Morgan fingerprint density at radius 2 is 1.92 bits per heavy atom. The number of aliphatic hydroxyl groups excluding tert-OH is 1. The number of rotatable bonds is 5. The van der Waals surface area contributed by atoms with Gasteiger partial charge in [0.15, 0.2) is 0 Å². The first kappa shape index (κ1) is 17.6. The minimum atomic E-state index is -0.692. The third kappa shape index (κ3) is 4.25. The molecule has 0 bridgehead atoms. The SMILES string of the molecule is O=C(NCc1ccc([C@H](O)c2ccccc2)s1)c1ccc(F)cc1Cl. The van der Waals surface area contributed by atoms with Crippen LogP contribution >= 0.6 is 22.9 Å². The number of halogens is 2. The Bertz CT molecular complexity index is 882. The molecule has 0 aliphatic heterocycles. The maximum Gasteiger partial charge on any atom is 0.253 e. The van der Waals surface area contributed by atoms with Crippen molar-refractivity contribution in [2.45, 2.75) is 12.6 Å². The van der Waals surface area contributed by atoms with Crippen molar-refractivity contribution in [2.75, 3.05) is 0 Å². The van der Waals surface area contributed by atoms with Crippen molar-refractivity contribution >= 4 is 28.8 Å². The molecule has 0 saturated heterocycles. The van der Waals surface area contributed by atoms with Gasteiger partial charge in [-0.1, -0.05) is 41.9 Å². The van der Waals surface area contributed by atoms with E-state index in [4.69, 9.17) is 11.6 Å². The average molecular weight is 376 g/mol. The van der Waals surface area contributed by atoms with Crippen molar-refractivity contribution in [1.82, 2.24) is 5.32 Å². The highest BCUT2D eigenvalue weighted by atomic mass is 35.5. The summed E-state index contributed by atoms with van der Waals surface area (Å²) >= 11 is 7.31. The molecule has 0 unspecified atom stereocenters. The van der Waals surface area contributed by atoms with Crippen LogP contribution in [0.15, 0.2) is 60.7 Å². The number of aliphatic hydroxyl groups is 1. The van der Waals surface area contributed by atoms with Crippen LogP contribution in [0.25, 0.3) is 0 Å². The number of benzene rings is 2. The fourth-order valence-corrected chi connectivity index (χ4v) is 3.59. The van der Waals surface area contributed by atoms with Gasteiger partial charge in [0, 0.05) is 9.75 Å². The van der Waals surface area contributed by atoms with E-state index in [0.717, 1.165) is 21.4 Å². The molecule has 3 aromatic rings. The van der Waals surface area contributed by atoms with Crippen LogP contribution in [-0.2, 0) is 6.54 Å². The topological polar surface area (TPSA) is 49.3 Å². The second-order valence-electron chi connectivity index (χ2n) is 5.42. The Morgan fingerprint density at radius 1 is 1.16 bits per heavy atom. The van der Waals surface area contributed by atoms with Gasteiger partial charge in [-0.3, -0.25) is 4.79 Å². The molecule has 1 heterocycles. The standard InChI is InChI=1S/C19H15ClFNO2S/c20-16-10-13(21)6-8-15(16)19(24)22-11-14-7-9-17(25-14)18(23)12-4-2-1-3-5-12/h1-10,18,23H,11H2,(H,22,24)/t18-/m1/s1. The molecule has 0 fully saturated rings. The van der Waals surface area contributed by atoms with Crippen LogP contribution in [0.2, 0.25) is 5.02 Å². The lowest BCUT2D eigenvalue weighted by Crippen LogP contribution is -2.22. The molecule has 0 aliphatic carbocycles.